The molecule has 1 aliphatic heterocycles. The molecule has 0 saturated carbocycles. The number of anilines is 2. The maximum atomic E-state index is 12.0. The maximum absolute atomic E-state index is 12.0. The van der Waals surface area contributed by atoms with Gasteiger partial charge >= 0.3 is 0 Å². The minimum atomic E-state index is 0.0254. The number of nitrogens with two attached hydrogens (primary N) is 1. The van der Waals surface area contributed by atoms with E-state index in [4.69, 9.17) is 5.73 Å². The summed E-state index contributed by atoms with van der Waals surface area (Å²) < 4.78 is 0. The van der Waals surface area contributed by atoms with E-state index < -0.39 is 0 Å². The summed E-state index contributed by atoms with van der Waals surface area (Å²) in [7, 11) is 0. The minimum absolute atomic E-state index is 0.0254. The van der Waals surface area contributed by atoms with Crippen LogP contribution in [0.4, 0.5) is 11.4 Å². The number of aryl methyl sites for hydroxylation is 1. The molecule has 0 atom stereocenters. The first-order chi connectivity index (χ1) is 9.15. The zero-order valence-corrected chi connectivity index (χ0v) is 11.6. The van der Waals surface area contributed by atoms with E-state index in [1.54, 1.807) is 0 Å². The second kappa shape index (κ2) is 6.57. The molecule has 0 bridgehead atoms. The number of nitrogens with zero attached hydrogens (tertiary/aromatic N) is 1. The zero-order chi connectivity index (χ0) is 13.7. The van der Waals surface area contributed by atoms with Gasteiger partial charge in [0.15, 0.2) is 0 Å². The third-order valence-corrected chi connectivity index (χ3v) is 3.55. The van der Waals surface area contributed by atoms with Gasteiger partial charge in [0, 0.05) is 0 Å². The molecule has 4 heteroatoms. The number of amides is 1. The Bertz CT molecular complexity index is 437. The number of likely N-dealkylation sites (tertiary alicyclic amines) is 1. The highest BCUT2D eigenvalue weighted by Gasteiger charge is 2.13. The largest absolute Gasteiger partial charge is 0.397 e. The second-order valence-electron chi connectivity index (χ2n) is 5.33. The first-order valence-corrected chi connectivity index (χ1v) is 7.03. The van der Waals surface area contributed by atoms with Crippen LogP contribution in [-0.2, 0) is 4.79 Å². The van der Waals surface area contributed by atoms with Gasteiger partial charge in [-0.15, -0.1) is 0 Å². The Kier molecular flexibility index (Phi) is 4.80. The number of carbonyl (C=O) groups excluding carboxylic acids is 1. The van der Waals surface area contributed by atoms with Gasteiger partial charge in [0.25, 0.3) is 0 Å². The molecule has 104 valence electrons. The molecule has 3 N–H and O–H groups in total. The number of hydrogen-bond donors (Lipinski definition) is 2. The number of nitrogen functional groups attached to an aromatic ring is 1. The van der Waals surface area contributed by atoms with E-state index in [9.17, 15) is 4.79 Å². The monoisotopic (exact) mass is 261 g/mol. The van der Waals surface area contributed by atoms with E-state index in [1.165, 1.54) is 25.7 Å². The van der Waals surface area contributed by atoms with Crippen LogP contribution in [-0.4, -0.2) is 30.4 Å². The highest BCUT2D eigenvalue weighted by Crippen LogP contribution is 2.19. The number of nitrogens with one attached hydrogen (secondary N) is 1. The molecule has 1 amide bonds. The van der Waals surface area contributed by atoms with Crippen molar-refractivity contribution in [3.8, 4) is 0 Å². The molecule has 0 aromatic heterocycles. The third kappa shape index (κ3) is 4.24. The fourth-order valence-electron chi connectivity index (χ4n) is 2.48. The normalized spacial score (nSPS) is 16.9. The fraction of sp³-hybridized carbons (Fsp3) is 0.533. The van der Waals surface area contributed by atoms with Crippen LogP contribution in [0.2, 0.25) is 0 Å². The molecule has 1 aromatic rings. The molecule has 1 heterocycles. The van der Waals surface area contributed by atoms with Gasteiger partial charge in [-0.05, 0) is 50.6 Å². The topological polar surface area (TPSA) is 58.4 Å². The number of carbonyl (C=O) groups is 1. The summed E-state index contributed by atoms with van der Waals surface area (Å²) in [6.45, 7) is 4.50. The highest BCUT2D eigenvalue weighted by atomic mass is 16.2. The Hall–Kier alpha value is -1.55. The second-order valence-corrected chi connectivity index (χ2v) is 5.33. The van der Waals surface area contributed by atoms with Crippen LogP contribution in [0.25, 0.3) is 0 Å². The fourth-order valence-corrected chi connectivity index (χ4v) is 2.48. The van der Waals surface area contributed by atoms with Crippen LogP contribution in [0.3, 0.4) is 0 Å². The molecular weight excluding hydrogens is 238 g/mol. The summed E-state index contributed by atoms with van der Waals surface area (Å²) in [4.78, 5) is 14.3. The van der Waals surface area contributed by atoms with Gasteiger partial charge < -0.3 is 11.1 Å². The van der Waals surface area contributed by atoms with Gasteiger partial charge in [0.05, 0.1) is 17.9 Å². The van der Waals surface area contributed by atoms with Gasteiger partial charge in [-0.1, -0.05) is 18.9 Å². The predicted octanol–water partition coefficient (Wildman–Crippen LogP) is 2.39. The molecule has 0 unspecified atom stereocenters. The first kappa shape index (κ1) is 13.9. The van der Waals surface area contributed by atoms with Crippen LogP contribution < -0.4 is 11.1 Å². The van der Waals surface area contributed by atoms with Gasteiger partial charge in [-0.3, -0.25) is 9.69 Å². The summed E-state index contributed by atoms with van der Waals surface area (Å²) in [5.74, 6) is 0.0254. The molecule has 1 saturated heterocycles. The van der Waals surface area contributed by atoms with Crippen molar-refractivity contribution in [1.82, 2.24) is 4.90 Å². The molecule has 4 nitrogen and oxygen atoms in total. The van der Waals surface area contributed by atoms with Crippen molar-refractivity contribution in [2.75, 3.05) is 30.7 Å². The van der Waals surface area contributed by atoms with Crippen molar-refractivity contribution in [1.29, 1.82) is 0 Å². The van der Waals surface area contributed by atoms with Crippen molar-refractivity contribution in [2.24, 2.45) is 0 Å². The molecular formula is C15H23N3O. The number of benzene rings is 1. The lowest BCUT2D eigenvalue weighted by Crippen LogP contribution is -2.34. The van der Waals surface area contributed by atoms with E-state index in [-0.39, 0.29) is 5.91 Å². The van der Waals surface area contributed by atoms with Crippen molar-refractivity contribution in [3.05, 3.63) is 23.8 Å². The van der Waals surface area contributed by atoms with E-state index in [0.717, 1.165) is 18.7 Å². The van der Waals surface area contributed by atoms with Gasteiger partial charge in [0.2, 0.25) is 5.91 Å². The van der Waals surface area contributed by atoms with Gasteiger partial charge in [-0.25, -0.2) is 0 Å². The SMILES string of the molecule is Cc1ccc(NC(=O)CN2CCCCCC2)c(N)c1. The van der Waals surface area contributed by atoms with Gasteiger partial charge in [0.1, 0.15) is 0 Å². The van der Waals surface area contributed by atoms with E-state index in [2.05, 4.69) is 10.2 Å². The molecule has 1 aromatic carbocycles. The standard InChI is InChI=1S/C15H23N3O/c1-12-6-7-14(13(16)10-12)17-15(19)11-18-8-4-2-3-5-9-18/h6-7,10H,2-5,8-9,11,16H2,1H3,(H,17,19). The van der Waals surface area contributed by atoms with Crippen molar-refractivity contribution in [2.45, 2.75) is 32.6 Å². The van der Waals surface area contributed by atoms with Crippen LogP contribution in [0.1, 0.15) is 31.2 Å². The lowest BCUT2D eigenvalue weighted by Gasteiger charge is -2.19. The molecule has 0 aliphatic carbocycles. The lowest BCUT2D eigenvalue weighted by molar-refractivity contribution is -0.117. The predicted molar refractivity (Wildman–Crippen MR) is 79.1 cm³/mol. The summed E-state index contributed by atoms with van der Waals surface area (Å²) >= 11 is 0. The lowest BCUT2D eigenvalue weighted by atomic mass is 10.2. The van der Waals surface area contributed by atoms with Crippen LogP contribution >= 0.6 is 0 Å². The van der Waals surface area contributed by atoms with E-state index in [1.807, 2.05) is 25.1 Å². The van der Waals surface area contributed by atoms with Crippen LogP contribution in [0, 0.1) is 6.92 Å². The van der Waals surface area contributed by atoms with Crippen molar-refractivity contribution < 1.29 is 4.79 Å². The van der Waals surface area contributed by atoms with Crippen LogP contribution in [0.5, 0.6) is 0 Å². The molecule has 19 heavy (non-hydrogen) atoms. The van der Waals surface area contributed by atoms with Crippen molar-refractivity contribution in [3.63, 3.8) is 0 Å². The molecule has 0 radical (unpaired) electrons. The Morgan fingerprint density at radius 3 is 2.58 bits per heavy atom. The number of rotatable bonds is 3. The molecule has 0 spiro atoms. The average Bonchev–Trinajstić information content (AvgIpc) is 2.61. The Labute approximate surface area is 115 Å². The molecule has 1 fully saturated rings. The third-order valence-electron chi connectivity index (χ3n) is 3.55. The average molecular weight is 261 g/mol. The Morgan fingerprint density at radius 1 is 1.26 bits per heavy atom. The number of hydrogen-bond acceptors (Lipinski definition) is 3. The van der Waals surface area contributed by atoms with Gasteiger partial charge in [-0.2, -0.15) is 0 Å². The minimum Gasteiger partial charge on any atom is -0.397 e. The summed E-state index contributed by atoms with van der Waals surface area (Å²) in [5.41, 5.74) is 8.34. The highest BCUT2D eigenvalue weighted by molar-refractivity contribution is 5.95. The first-order valence-electron chi connectivity index (χ1n) is 7.03. The molecule has 2 rings (SSSR count). The maximum Gasteiger partial charge on any atom is 0.238 e. The van der Waals surface area contributed by atoms with E-state index in [0.29, 0.717) is 17.9 Å². The summed E-state index contributed by atoms with van der Waals surface area (Å²) in [6.07, 6.45) is 4.95. The smallest absolute Gasteiger partial charge is 0.238 e. The molecule has 1 aliphatic rings. The summed E-state index contributed by atoms with van der Waals surface area (Å²) in [6, 6.07) is 5.70. The zero-order valence-electron chi connectivity index (χ0n) is 11.6. The Balaban J connectivity index is 1.89. The Morgan fingerprint density at radius 2 is 1.95 bits per heavy atom. The quantitative estimate of drug-likeness (QED) is 0.821. The van der Waals surface area contributed by atoms with Crippen molar-refractivity contribution >= 4 is 17.3 Å². The summed E-state index contributed by atoms with van der Waals surface area (Å²) in [5, 5.41) is 2.90. The van der Waals surface area contributed by atoms with Crippen LogP contribution in [0.15, 0.2) is 18.2 Å². The van der Waals surface area contributed by atoms with E-state index >= 15 is 0 Å².